The Morgan fingerprint density at radius 3 is 1.78 bits per heavy atom. The van der Waals surface area contributed by atoms with Crippen molar-refractivity contribution in [3.05, 3.63) is 120 Å². The second-order valence-corrected chi connectivity index (χ2v) is 24.9. The van der Waals surface area contributed by atoms with Gasteiger partial charge in [0, 0.05) is 51.9 Å². The Kier molecular flexibility index (Phi) is 27.9. The van der Waals surface area contributed by atoms with Gasteiger partial charge in [0.05, 0.1) is 51.0 Å². The number of epoxide rings is 1. The van der Waals surface area contributed by atoms with Crippen LogP contribution in [0.3, 0.4) is 0 Å². The molecule has 2 saturated heterocycles. The number of aliphatic carboxylic acids is 4. The summed E-state index contributed by atoms with van der Waals surface area (Å²) >= 11 is 0. The van der Waals surface area contributed by atoms with E-state index in [-0.39, 0.29) is 28.1 Å². The fourth-order valence-electron chi connectivity index (χ4n) is 11.2. The zero-order chi connectivity index (χ0) is 77.1. The number of para-hydroxylation sites is 2. The quantitative estimate of drug-likeness (QED) is 0.0202. The Hall–Kier alpha value is -12.3. The van der Waals surface area contributed by atoms with Crippen molar-refractivity contribution < 1.29 is 117 Å². The number of carbonyl (C=O) groups excluding carboxylic acids is 11. The second kappa shape index (κ2) is 36.6. The number of benzene rings is 3. The third kappa shape index (κ3) is 22.4. The molecule has 14 atom stereocenters. The van der Waals surface area contributed by atoms with Gasteiger partial charge in [0.25, 0.3) is 5.91 Å². The lowest BCUT2D eigenvalue weighted by atomic mass is 9.96. The van der Waals surface area contributed by atoms with Crippen LogP contribution in [0.25, 0.3) is 27.9 Å². The van der Waals surface area contributed by atoms with Crippen molar-refractivity contribution in [3.63, 3.8) is 0 Å². The molecule has 14 unspecified atom stereocenters. The first-order valence-electron chi connectivity index (χ1n) is 32.9. The molecule has 0 radical (unpaired) electrons. The van der Waals surface area contributed by atoms with Gasteiger partial charge in [-0.25, -0.2) is 4.79 Å². The third-order valence-electron chi connectivity index (χ3n) is 16.8. The monoisotopic (exact) mass is 1460 g/mol. The van der Waals surface area contributed by atoms with E-state index in [0.717, 1.165) is 44.2 Å². The molecule has 20 N–H and O–H groups in total. The number of aromatic amines is 2. The average molecular weight is 1460 g/mol. The minimum absolute atomic E-state index is 0.169. The summed E-state index contributed by atoms with van der Waals surface area (Å²) in [6, 6.07) is -1.49. The first kappa shape index (κ1) is 80.1. The van der Waals surface area contributed by atoms with Crippen molar-refractivity contribution in [3.8, 4) is 5.75 Å². The van der Waals surface area contributed by atoms with E-state index in [1.807, 2.05) is 6.92 Å². The van der Waals surface area contributed by atoms with Crippen LogP contribution in [0.1, 0.15) is 89.0 Å². The molecule has 37 nitrogen and oxygen atoms in total. The van der Waals surface area contributed by atoms with Crippen LogP contribution >= 0.6 is 0 Å². The fraction of sp³-hybridized carbons (Fsp3) is 0.397. The number of aliphatic hydroxyl groups excluding tert-OH is 2. The predicted octanol–water partition coefficient (Wildman–Crippen LogP) is -2.69. The summed E-state index contributed by atoms with van der Waals surface area (Å²) in [6.07, 6.45) is -5.70. The Morgan fingerprint density at radius 2 is 1.19 bits per heavy atom. The summed E-state index contributed by atoms with van der Waals surface area (Å²) in [7, 11) is 0. The molecule has 2 aliphatic rings. The normalized spacial score (nSPS) is 24.4. The number of hydrogen-bond donors (Lipinski definition) is 20. The maximum absolute atomic E-state index is 15.3. The zero-order valence-corrected chi connectivity index (χ0v) is 56.9. The molecule has 7 rings (SSSR count). The molecule has 0 bridgehead atoms. The first-order chi connectivity index (χ1) is 49.7. The molecule has 10 amide bonds. The Labute approximate surface area is 596 Å². The number of aromatic nitrogens is 2. The molecule has 562 valence electrons. The van der Waals surface area contributed by atoms with E-state index in [0.29, 0.717) is 34.6 Å². The number of rotatable bonds is 21. The number of esters is 1. The summed E-state index contributed by atoms with van der Waals surface area (Å²) < 4.78 is 11.3. The van der Waals surface area contributed by atoms with E-state index in [1.54, 1.807) is 48.5 Å². The third-order valence-corrected chi connectivity index (χ3v) is 16.8. The van der Waals surface area contributed by atoms with Crippen LogP contribution in [0.4, 0.5) is 0 Å². The summed E-state index contributed by atoms with van der Waals surface area (Å²) in [5.41, 5.74) is 0.0325. The Bertz CT molecular complexity index is 4170. The van der Waals surface area contributed by atoms with Crippen molar-refractivity contribution in [2.45, 2.75) is 151 Å². The van der Waals surface area contributed by atoms with Gasteiger partial charge < -0.3 is 114 Å². The number of carboxylic acid groups (broad SMARTS) is 4. The highest BCUT2D eigenvalue weighted by Crippen LogP contribution is 2.28. The van der Waals surface area contributed by atoms with Gasteiger partial charge in [-0.2, -0.15) is 0 Å². The Morgan fingerprint density at radius 1 is 0.638 bits per heavy atom. The minimum Gasteiger partial charge on any atom is -0.508 e. The number of H-pyrrole nitrogens is 2. The number of nitrogens with one attached hydrogen (secondary N) is 13. The van der Waals surface area contributed by atoms with Crippen molar-refractivity contribution in [1.29, 1.82) is 0 Å². The molecule has 5 aromatic rings. The van der Waals surface area contributed by atoms with E-state index in [1.165, 1.54) is 19.3 Å². The molecule has 4 heterocycles. The maximum atomic E-state index is 15.3. The maximum Gasteiger partial charge on any atom is 0.355 e. The molecule has 0 saturated carbocycles. The van der Waals surface area contributed by atoms with Gasteiger partial charge >= 0.3 is 29.8 Å². The molecule has 0 aliphatic carbocycles. The van der Waals surface area contributed by atoms with Gasteiger partial charge in [-0.05, 0) is 67.7 Å². The highest BCUT2D eigenvalue weighted by Gasteiger charge is 2.46. The van der Waals surface area contributed by atoms with E-state index in [9.17, 15) is 93.3 Å². The largest absolute Gasteiger partial charge is 0.508 e. The zero-order valence-electron chi connectivity index (χ0n) is 56.9. The van der Waals surface area contributed by atoms with Gasteiger partial charge in [-0.15, -0.1) is 0 Å². The predicted molar refractivity (Wildman–Crippen MR) is 364 cm³/mol. The number of aromatic hydroxyl groups is 1. The molecule has 2 aromatic heterocycles. The van der Waals surface area contributed by atoms with Crippen molar-refractivity contribution in [2.24, 2.45) is 5.92 Å². The lowest BCUT2D eigenvalue weighted by Crippen LogP contribution is -2.62. The van der Waals surface area contributed by atoms with Crippen LogP contribution in [0, 0.1) is 5.92 Å². The number of ether oxygens (including phenoxy) is 2. The van der Waals surface area contributed by atoms with Gasteiger partial charge in [0.2, 0.25) is 53.2 Å². The first-order valence-corrected chi connectivity index (χ1v) is 32.9. The van der Waals surface area contributed by atoms with E-state index in [4.69, 9.17) is 9.47 Å². The van der Waals surface area contributed by atoms with Crippen LogP contribution in [-0.2, 0) is 87.8 Å². The molecule has 2 aliphatic heterocycles. The number of phenolic OH excluding ortho intramolecular Hbond substituents is 1. The number of amides is 10. The topological polar surface area (TPSA) is 583 Å². The molecule has 105 heavy (non-hydrogen) atoms. The average Bonchev–Trinajstić information content (AvgIpc) is 1.72. The van der Waals surface area contributed by atoms with Crippen LogP contribution in [0.5, 0.6) is 5.75 Å². The van der Waals surface area contributed by atoms with Crippen LogP contribution in [0.2, 0.25) is 0 Å². The standard InChI is InChI=1S/C68H81N13O24/c1-6-11-48-57(105-48)67(102)78-47(29-82)62(97)80-55-33(5)104-68(103)46(22-36-28-70-41-15-10-8-13-39(36)41)77-63(98)53(30(2)20-49(85)86)79-64(99)54(32(4)83)72-31(3)26-71-58(93)43(23-50(87)88)76-66(101)56(34-16-18-37(84)19-17-34)81-61(96)45(25-52(91)92)74-60(95)44(24-51(89)90)73-59(94)42(75-65(55)100)21-35-27-69-40-14-9-7-12-38(35)40/h7-10,12-19,22,27-28,30,32-33,42-45,47-48,53-57,69-70,72,82-84H,3,6,11,20-21,23-26,29H2,1-2,4-5H3,(H,71,93)(H,73,94)(H,74,95)(H,75,100)(H,76,101)(H,77,98)(H,78,102)(H,79,99)(H,80,97)(H,81,96)(H,85,86)(H,87,88)(H,89,90)(H,91,92). The second-order valence-electron chi connectivity index (χ2n) is 24.9. The van der Waals surface area contributed by atoms with Crippen LogP contribution in [0.15, 0.2) is 103 Å². The van der Waals surface area contributed by atoms with E-state index >= 15 is 14.4 Å². The number of carbonyl (C=O) groups is 15. The molecule has 0 spiro atoms. The van der Waals surface area contributed by atoms with Gasteiger partial charge in [0.15, 0.2) is 6.10 Å². The van der Waals surface area contributed by atoms with Gasteiger partial charge in [-0.1, -0.05) is 75.4 Å². The summed E-state index contributed by atoms with van der Waals surface area (Å²) in [5.74, 6) is -23.4. The molecule has 2 fully saturated rings. The lowest BCUT2D eigenvalue weighted by Gasteiger charge is -2.30. The fourth-order valence-corrected chi connectivity index (χ4v) is 11.2. The van der Waals surface area contributed by atoms with Gasteiger partial charge in [-0.3, -0.25) is 67.1 Å². The van der Waals surface area contributed by atoms with E-state index < -0.39 is 225 Å². The summed E-state index contributed by atoms with van der Waals surface area (Å²) in [5, 5.41) is 98.1. The van der Waals surface area contributed by atoms with Crippen molar-refractivity contribution >= 4 is 117 Å². The smallest absolute Gasteiger partial charge is 0.355 e. The Balaban J connectivity index is 1.37. The summed E-state index contributed by atoms with van der Waals surface area (Å²) in [6.45, 7) is 7.07. The highest BCUT2D eigenvalue weighted by atomic mass is 16.6. The number of phenols is 1. The van der Waals surface area contributed by atoms with Crippen LogP contribution < -0.4 is 58.5 Å². The summed E-state index contributed by atoms with van der Waals surface area (Å²) in [4.78, 5) is 215. The molecule has 3 aromatic carbocycles. The number of hydrogen-bond acceptors (Lipinski definition) is 21. The number of fused-ring (bicyclic) bond motifs is 2. The molecular weight excluding hydrogens is 1380 g/mol. The lowest BCUT2D eigenvalue weighted by molar-refractivity contribution is -0.150. The number of aliphatic hydroxyl groups is 2. The van der Waals surface area contributed by atoms with Crippen molar-refractivity contribution in [1.82, 2.24) is 68.5 Å². The van der Waals surface area contributed by atoms with Crippen molar-refractivity contribution in [2.75, 3.05) is 13.2 Å². The van der Waals surface area contributed by atoms with Gasteiger partial charge in [0.1, 0.15) is 71.9 Å². The molecular formula is C68H81N13O24. The minimum atomic E-state index is -2.31. The van der Waals surface area contributed by atoms with E-state index in [2.05, 4.69) is 75.0 Å². The SMILES string of the molecule is C=C1CNC(=O)C(CC(=O)O)NC(=O)C(c2ccc(O)cc2)NC(=O)C(CC(=O)O)NC(=O)C(CC(=O)O)NC(=O)C(Cc2c[nH]c3ccccc23)NC(=O)C(NC(=O)C(CO)NC(=O)C2OC2CCC)C(C)OC(=O)C(=Cc2c[nH]c3ccccc23)NC(=O)C(C(C)CC(=O)O)NC(=O)C(C(C)O)N1. The number of cyclic esters (lactones) is 1. The highest BCUT2D eigenvalue weighted by molar-refractivity contribution is 6.04. The molecule has 37 heteroatoms. The number of carboxylic acids is 4. The van der Waals surface area contributed by atoms with Crippen LogP contribution in [-0.4, -0.2) is 221 Å².